The fourth-order valence-electron chi connectivity index (χ4n) is 4.52. The van der Waals surface area contributed by atoms with Crippen LogP contribution in [0.4, 0.5) is 0 Å². The summed E-state index contributed by atoms with van der Waals surface area (Å²) < 4.78 is 6.21. The molecule has 0 spiro atoms. The molecule has 4 aromatic rings. The molecule has 0 aliphatic carbocycles. The third kappa shape index (κ3) is 9.52. The number of hydrogen-bond acceptors (Lipinski definition) is 3. The Morgan fingerprint density at radius 3 is 1.34 bits per heavy atom. The van der Waals surface area contributed by atoms with Crippen LogP contribution in [-0.4, -0.2) is 33.1 Å². The molecule has 5 nitrogen and oxygen atoms in total. The molecule has 2 heterocycles. The van der Waals surface area contributed by atoms with Crippen LogP contribution < -0.4 is 0 Å². The fourth-order valence-corrected chi connectivity index (χ4v) is 4.52. The van der Waals surface area contributed by atoms with Crippen molar-refractivity contribution in [3.63, 3.8) is 0 Å². The van der Waals surface area contributed by atoms with Gasteiger partial charge in [-0.15, -0.1) is 0 Å². The second-order valence-corrected chi connectivity index (χ2v) is 12.5. The molecule has 0 aliphatic rings. The molecule has 5 heteroatoms. The maximum absolute atomic E-state index is 6.21. The minimum Gasteiger partial charge on any atom is -0.381 e. The van der Waals surface area contributed by atoms with E-state index in [4.69, 9.17) is 4.74 Å². The quantitative estimate of drug-likeness (QED) is 0.158. The Labute approximate surface area is 245 Å². The van der Waals surface area contributed by atoms with E-state index in [0.717, 1.165) is 35.4 Å². The molecular formula is C36H42N4O. The molecule has 0 saturated heterocycles. The average molecular weight is 547 g/mol. The van der Waals surface area contributed by atoms with Gasteiger partial charge < -0.3 is 14.7 Å². The van der Waals surface area contributed by atoms with Crippen molar-refractivity contribution < 1.29 is 4.74 Å². The molecule has 0 saturated carbocycles. The Morgan fingerprint density at radius 2 is 1.02 bits per heavy atom. The van der Waals surface area contributed by atoms with Crippen molar-refractivity contribution in [1.82, 2.24) is 19.9 Å². The Balaban J connectivity index is 1.38. The van der Waals surface area contributed by atoms with E-state index in [1.54, 1.807) is 12.7 Å². The lowest BCUT2D eigenvalue weighted by Crippen LogP contribution is -2.10. The van der Waals surface area contributed by atoms with Crippen LogP contribution in [0.2, 0.25) is 0 Å². The number of aromatic nitrogens is 4. The number of rotatable bonds is 10. The SMILES string of the molecule is CC(C)(C)C#Cc1ccc(C(CCOCCC(c2ccc(C#CC(C)(C)C)cc2)c2c[nH]cn2)c2c[nH]cn2)cc1. The number of ether oxygens (including phenoxy) is 1. The predicted octanol–water partition coefficient (Wildman–Crippen LogP) is 7.69. The van der Waals surface area contributed by atoms with Gasteiger partial charge >= 0.3 is 0 Å². The van der Waals surface area contributed by atoms with Crippen LogP contribution in [0.15, 0.2) is 73.6 Å². The lowest BCUT2D eigenvalue weighted by molar-refractivity contribution is 0.124. The second-order valence-electron chi connectivity index (χ2n) is 12.5. The van der Waals surface area contributed by atoms with Gasteiger partial charge in [0.1, 0.15) is 0 Å². The summed E-state index contributed by atoms with van der Waals surface area (Å²) in [6.07, 6.45) is 9.10. The molecule has 2 unspecified atom stereocenters. The van der Waals surface area contributed by atoms with Crippen molar-refractivity contribution in [3.8, 4) is 23.7 Å². The van der Waals surface area contributed by atoms with E-state index >= 15 is 0 Å². The van der Waals surface area contributed by atoms with Gasteiger partial charge in [-0.05, 0) is 89.8 Å². The van der Waals surface area contributed by atoms with Crippen molar-refractivity contribution in [3.05, 3.63) is 107 Å². The van der Waals surface area contributed by atoms with Crippen LogP contribution in [0.1, 0.15) is 99.9 Å². The molecule has 0 amide bonds. The number of nitrogens with zero attached hydrogens (tertiary/aromatic N) is 2. The Morgan fingerprint density at radius 1 is 0.634 bits per heavy atom. The number of imidazole rings is 2. The summed E-state index contributed by atoms with van der Waals surface area (Å²) in [5.41, 5.74) is 6.48. The molecule has 2 atom stereocenters. The Bertz CT molecular complexity index is 1350. The lowest BCUT2D eigenvalue weighted by Gasteiger charge is -2.18. The summed E-state index contributed by atoms with van der Waals surface area (Å²) in [7, 11) is 0. The highest BCUT2D eigenvalue weighted by Crippen LogP contribution is 2.29. The van der Waals surface area contributed by atoms with Gasteiger partial charge in [0.25, 0.3) is 0 Å². The van der Waals surface area contributed by atoms with E-state index in [-0.39, 0.29) is 22.7 Å². The lowest BCUT2D eigenvalue weighted by atomic mass is 9.91. The van der Waals surface area contributed by atoms with Crippen molar-refractivity contribution in [2.75, 3.05) is 13.2 Å². The molecule has 0 radical (unpaired) electrons. The van der Waals surface area contributed by atoms with Crippen LogP contribution >= 0.6 is 0 Å². The van der Waals surface area contributed by atoms with E-state index in [0.29, 0.717) is 13.2 Å². The fraction of sp³-hybridized carbons (Fsp3) is 0.389. The zero-order valence-electron chi connectivity index (χ0n) is 25.2. The predicted molar refractivity (Wildman–Crippen MR) is 166 cm³/mol. The van der Waals surface area contributed by atoms with Gasteiger partial charge in [-0.25, -0.2) is 9.97 Å². The van der Waals surface area contributed by atoms with Crippen LogP contribution in [0.25, 0.3) is 0 Å². The molecule has 2 aromatic heterocycles. The van der Waals surface area contributed by atoms with E-state index in [1.807, 2.05) is 12.4 Å². The van der Waals surface area contributed by atoms with Gasteiger partial charge in [0.05, 0.1) is 24.0 Å². The van der Waals surface area contributed by atoms with Crippen LogP contribution in [-0.2, 0) is 4.74 Å². The highest BCUT2D eigenvalue weighted by atomic mass is 16.5. The zero-order valence-corrected chi connectivity index (χ0v) is 25.2. The van der Waals surface area contributed by atoms with E-state index in [9.17, 15) is 0 Å². The van der Waals surface area contributed by atoms with Crippen LogP contribution in [0, 0.1) is 34.5 Å². The number of benzene rings is 2. The molecule has 0 fully saturated rings. The minimum atomic E-state index is -0.0199. The Hall–Kier alpha value is -4.06. The van der Waals surface area contributed by atoms with Gasteiger partial charge in [-0.2, -0.15) is 0 Å². The highest BCUT2D eigenvalue weighted by molar-refractivity contribution is 5.40. The molecule has 2 N–H and O–H groups in total. The molecule has 2 aromatic carbocycles. The monoisotopic (exact) mass is 546 g/mol. The first-order chi connectivity index (χ1) is 19.6. The molecule has 0 bridgehead atoms. The van der Waals surface area contributed by atoms with E-state index in [2.05, 4.69) is 134 Å². The van der Waals surface area contributed by atoms with Crippen LogP contribution in [0.5, 0.6) is 0 Å². The Kier molecular flexibility index (Phi) is 9.87. The minimum absolute atomic E-state index is 0.0199. The zero-order chi connectivity index (χ0) is 29.3. The average Bonchev–Trinajstić information content (AvgIpc) is 3.66. The molecule has 0 aliphatic heterocycles. The van der Waals surface area contributed by atoms with Crippen molar-refractivity contribution in [2.24, 2.45) is 10.8 Å². The van der Waals surface area contributed by atoms with Gasteiger partial charge in [0.15, 0.2) is 0 Å². The second kappa shape index (κ2) is 13.5. The number of nitrogens with one attached hydrogen (secondary N) is 2. The van der Waals surface area contributed by atoms with Gasteiger partial charge in [-0.1, -0.05) is 47.9 Å². The summed E-state index contributed by atoms with van der Waals surface area (Å²) in [4.78, 5) is 15.3. The first-order valence-corrected chi connectivity index (χ1v) is 14.4. The van der Waals surface area contributed by atoms with E-state index in [1.165, 1.54) is 11.1 Å². The van der Waals surface area contributed by atoms with Gasteiger partial charge in [0.2, 0.25) is 0 Å². The largest absolute Gasteiger partial charge is 0.381 e. The van der Waals surface area contributed by atoms with E-state index < -0.39 is 0 Å². The summed E-state index contributed by atoms with van der Waals surface area (Å²) >= 11 is 0. The smallest absolute Gasteiger partial charge is 0.0923 e. The van der Waals surface area contributed by atoms with Crippen molar-refractivity contribution >= 4 is 0 Å². The summed E-state index contributed by atoms with van der Waals surface area (Å²) in [6, 6.07) is 17.0. The standard InChI is InChI=1S/C36H42N4O/c1-35(2,3)19-15-27-7-11-29(12-8-27)31(33-23-37-25-39-33)17-21-41-22-18-32(34-24-38-26-40-34)30-13-9-28(10-14-30)16-20-36(4,5)6/h7-14,23-26,31-32H,17-18,21-22H2,1-6H3,(H,37,39)(H,38,40). The maximum atomic E-state index is 6.21. The highest BCUT2D eigenvalue weighted by Gasteiger charge is 2.19. The number of hydrogen-bond donors (Lipinski definition) is 2. The topological polar surface area (TPSA) is 66.6 Å². The molecule has 212 valence electrons. The third-order valence-electron chi connectivity index (χ3n) is 6.64. The van der Waals surface area contributed by atoms with Crippen molar-refractivity contribution in [1.29, 1.82) is 0 Å². The first-order valence-electron chi connectivity index (χ1n) is 14.4. The third-order valence-corrected chi connectivity index (χ3v) is 6.64. The molecule has 41 heavy (non-hydrogen) atoms. The maximum Gasteiger partial charge on any atom is 0.0923 e. The normalized spacial score (nSPS) is 13.0. The van der Waals surface area contributed by atoms with Gasteiger partial charge in [0, 0.05) is 59.4 Å². The summed E-state index contributed by atoms with van der Waals surface area (Å²) in [6.45, 7) is 14.0. The summed E-state index contributed by atoms with van der Waals surface area (Å²) in [5, 5.41) is 0. The first kappa shape index (κ1) is 29.9. The molecule has 4 rings (SSSR count). The van der Waals surface area contributed by atoms with Gasteiger partial charge in [-0.3, -0.25) is 0 Å². The van der Waals surface area contributed by atoms with Crippen LogP contribution in [0.3, 0.4) is 0 Å². The molecular weight excluding hydrogens is 504 g/mol. The number of aromatic amines is 2. The van der Waals surface area contributed by atoms with Crippen molar-refractivity contribution in [2.45, 2.75) is 66.2 Å². The number of H-pyrrole nitrogens is 2. The summed E-state index contributed by atoms with van der Waals surface area (Å²) in [5.74, 6) is 13.5.